The van der Waals surface area contributed by atoms with Crippen molar-refractivity contribution < 1.29 is 29.7 Å². The zero-order valence-electron chi connectivity index (χ0n) is 8.40. The minimum absolute atomic E-state index is 0. The van der Waals surface area contributed by atoms with Gasteiger partial charge in [0.05, 0.1) is 17.9 Å². The third-order valence-corrected chi connectivity index (χ3v) is 1.60. The molecule has 0 atom stereocenters. The summed E-state index contributed by atoms with van der Waals surface area (Å²) in [6.07, 6.45) is 0. The predicted octanol–water partition coefficient (Wildman–Crippen LogP) is -1.76. The van der Waals surface area contributed by atoms with Crippen LogP contribution in [-0.2, 0) is 14.4 Å². The fourth-order valence-electron chi connectivity index (χ4n) is 0. The molecule has 0 aliphatic rings. The molecule has 0 aromatic rings. The molecule has 6 nitrogen and oxygen atoms in total. The number of carboxylic acid groups (broad SMARTS) is 3. The SMILES string of the molecule is O=C([O-])C(Cl)Cl.O=C([O-])C(Cl)Cl.O=C([O-])C(Cl)Cl.[Bi+3]. The van der Waals surface area contributed by atoms with Gasteiger partial charge >= 0.3 is 26.2 Å². The molecule has 0 bridgehead atoms. The van der Waals surface area contributed by atoms with Crippen LogP contribution in [0.4, 0.5) is 0 Å². The topological polar surface area (TPSA) is 120 Å². The summed E-state index contributed by atoms with van der Waals surface area (Å²) in [6.45, 7) is 0. The van der Waals surface area contributed by atoms with Gasteiger partial charge < -0.3 is 29.7 Å². The number of carbonyl (C=O) groups excluding carboxylic acids is 3. The number of halogens is 6. The van der Waals surface area contributed by atoms with E-state index in [-0.39, 0.29) is 26.2 Å². The van der Waals surface area contributed by atoms with E-state index in [1.165, 1.54) is 0 Å². The Hall–Kier alpha value is 1.03. The number of hydrogen-bond acceptors (Lipinski definition) is 6. The van der Waals surface area contributed by atoms with Crippen LogP contribution >= 0.6 is 69.6 Å². The van der Waals surface area contributed by atoms with Crippen LogP contribution in [0.5, 0.6) is 0 Å². The van der Waals surface area contributed by atoms with Crippen LogP contribution in [-0.4, -0.2) is 58.6 Å². The Balaban J connectivity index is -0.0000000865. The fraction of sp³-hybridized carbons (Fsp3) is 0.500. The molecule has 0 spiro atoms. The van der Waals surface area contributed by atoms with Gasteiger partial charge in [-0.15, -0.1) is 0 Å². The third-order valence-electron chi connectivity index (χ3n) is 0.535. The second-order valence-corrected chi connectivity index (χ2v) is 5.15. The van der Waals surface area contributed by atoms with Crippen LogP contribution in [0, 0.1) is 0 Å². The molecule has 0 unspecified atom stereocenters. The Morgan fingerprint density at radius 2 is 0.632 bits per heavy atom. The first-order chi connectivity index (χ1) is 7.93. The van der Waals surface area contributed by atoms with E-state index < -0.39 is 32.4 Å². The van der Waals surface area contributed by atoms with Crippen molar-refractivity contribution >= 4 is 114 Å². The summed E-state index contributed by atoms with van der Waals surface area (Å²) >= 11 is 28.3. The quantitative estimate of drug-likeness (QED) is 0.283. The second kappa shape index (κ2) is 17.1. The summed E-state index contributed by atoms with van der Waals surface area (Å²) in [6, 6.07) is 0. The van der Waals surface area contributed by atoms with Crippen molar-refractivity contribution in [3.63, 3.8) is 0 Å². The number of hydrogen-bond donors (Lipinski definition) is 0. The third kappa shape index (κ3) is 32.5. The molecule has 0 rings (SSSR count). The average Bonchev–Trinajstić information content (AvgIpc) is 2.18. The molecule has 0 saturated carbocycles. The molecule has 0 saturated heterocycles. The summed E-state index contributed by atoms with van der Waals surface area (Å²) in [5.74, 6) is -4.38. The zero-order chi connectivity index (χ0) is 15.5. The number of carboxylic acids is 3. The van der Waals surface area contributed by atoms with Crippen molar-refractivity contribution in [2.45, 2.75) is 14.5 Å². The van der Waals surface area contributed by atoms with Gasteiger partial charge in [0.25, 0.3) is 0 Å². The number of alkyl halides is 6. The summed E-state index contributed by atoms with van der Waals surface area (Å²) < 4.78 is 0. The van der Waals surface area contributed by atoms with Crippen molar-refractivity contribution in [3.05, 3.63) is 0 Å². The van der Waals surface area contributed by atoms with E-state index in [4.69, 9.17) is 69.6 Å². The van der Waals surface area contributed by atoms with Gasteiger partial charge in [-0.3, -0.25) is 0 Å². The molecular formula is C6H3BiCl6O6. The van der Waals surface area contributed by atoms with Crippen LogP contribution in [0.1, 0.15) is 0 Å². The van der Waals surface area contributed by atoms with E-state index >= 15 is 0 Å². The Labute approximate surface area is 157 Å². The molecule has 0 heterocycles. The van der Waals surface area contributed by atoms with Crippen LogP contribution in [0.25, 0.3) is 0 Å². The average molecular weight is 593 g/mol. The van der Waals surface area contributed by atoms with Gasteiger partial charge in [-0.25, -0.2) is 0 Å². The molecule has 2 radical (unpaired) electrons. The number of aliphatic carboxylic acids is 3. The van der Waals surface area contributed by atoms with Gasteiger partial charge in [0, 0.05) is 0 Å². The maximum Gasteiger partial charge on any atom is 3.00 e. The number of carbonyl (C=O) groups is 3. The molecule has 19 heavy (non-hydrogen) atoms. The van der Waals surface area contributed by atoms with Gasteiger partial charge in [-0.2, -0.15) is 0 Å². The van der Waals surface area contributed by atoms with Crippen molar-refractivity contribution in [2.24, 2.45) is 0 Å². The first-order valence-electron chi connectivity index (χ1n) is 3.40. The summed E-state index contributed by atoms with van der Waals surface area (Å²) in [5, 5.41) is 28.0. The molecule has 0 aliphatic heterocycles. The van der Waals surface area contributed by atoms with Gasteiger partial charge in [0.1, 0.15) is 14.5 Å². The Kier molecular flexibility index (Phi) is 25.4. The molecule has 0 aliphatic carbocycles. The normalized spacial score (nSPS) is 8.68. The smallest absolute Gasteiger partial charge is 0.547 e. The number of rotatable bonds is 3. The van der Waals surface area contributed by atoms with E-state index in [1.807, 2.05) is 0 Å². The molecule has 110 valence electrons. The molecule has 13 heteroatoms. The van der Waals surface area contributed by atoms with E-state index in [9.17, 15) is 29.7 Å². The van der Waals surface area contributed by atoms with Gasteiger partial charge in [-0.05, 0) is 0 Å². The molecule has 0 fully saturated rings. The van der Waals surface area contributed by atoms with Gasteiger partial charge in [0.2, 0.25) is 0 Å². The van der Waals surface area contributed by atoms with E-state index in [1.54, 1.807) is 0 Å². The van der Waals surface area contributed by atoms with E-state index in [0.29, 0.717) is 0 Å². The van der Waals surface area contributed by atoms with Crippen LogP contribution in [0.3, 0.4) is 0 Å². The maximum absolute atomic E-state index is 9.32. The maximum atomic E-state index is 9.32. The van der Waals surface area contributed by atoms with Crippen LogP contribution in [0.15, 0.2) is 0 Å². The first kappa shape index (κ1) is 28.2. The van der Waals surface area contributed by atoms with Crippen molar-refractivity contribution in [3.8, 4) is 0 Å². The first-order valence-corrected chi connectivity index (χ1v) is 6.02. The molecule has 0 aromatic carbocycles. The van der Waals surface area contributed by atoms with Crippen molar-refractivity contribution in [1.29, 1.82) is 0 Å². The fourth-order valence-corrected chi connectivity index (χ4v) is 0. The molecule has 0 N–H and O–H groups in total. The largest absolute Gasteiger partial charge is 3.00 e. The summed E-state index contributed by atoms with van der Waals surface area (Å²) in [7, 11) is 0. The summed E-state index contributed by atoms with van der Waals surface area (Å²) in [5.41, 5.74) is 0. The van der Waals surface area contributed by atoms with Crippen LogP contribution in [0.2, 0.25) is 0 Å². The molecular weight excluding hydrogens is 590 g/mol. The standard InChI is InChI=1S/3C2H2Cl2O2.Bi/c3*3-1(4)2(5)6;/h3*1H,(H,5,6);/q;;;+3/p-3. The van der Waals surface area contributed by atoms with Gasteiger partial charge in [-0.1, -0.05) is 69.6 Å². The monoisotopic (exact) mass is 590 g/mol. The van der Waals surface area contributed by atoms with Crippen LogP contribution < -0.4 is 15.3 Å². The van der Waals surface area contributed by atoms with E-state index in [0.717, 1.165) is 0 Å². The predicted molar refractivity (Wildman–Crippen MR) is 67.3 cm³/mol. The Morgan fingerprint density at radius 3 is 0.632 bits per heavy atom. The zero-order valence-corrected chi connectivity index (χ0v) is 16.4. The molecule has 0 aromatic heterocycles. The molecule has 0 amide bonds. The van der Waals surface area contributed by atoms with Crippen molar-refractivity contribution in [2.75, 3.05) is 0 Å². The Morgan fingerprint density at radius 1 is 0.579 bits per heavy atom. The van der Waals surface area contributed by atoms with Crippen molar-refractivity contribution in [1.82, 2.24) is 0 Å². The minimum Gasteiger partial charge on any atom is -0.547 e. The van der Waals surface area contributed by atoms with E-state index in [2.05, 4.69) is 0 Å². The van der Waals surface area contributed by atoms with Gasteiger partial charge in [0.15, 0.2) is 0 Å². The second-order valence-electron chi connectivity index (χ2n) is 1.86. The Bertz CT molecular complexity index is 230. The summed E-state index contributed by atoms with van der Waals surface area (Å²) in [4.78, 5) is 23.8. The minimum atomic E-state index is -1.46.